The third-order valence-corrected chi connectivity index (χ3v) is 2.67. The summed E-state index contributed by atoms with van der Waals surface area (Å²) < 4.78 is 10.9. The Morgan fingerprint density at radius 2 is 1.79 bits per heavy atom. The maximum Gasteiger partial charge on any atom is 0.125 e. The lowest BCUT2D eigenvalue weighted by molar-refractivity contribution is -0.0126. The normalized spacial score (nSPS) is 14.5. The van der Waals surface area contributed by atoms with Crippen molar-refractivity contribution in [1.82, 2.24) is 0 Å². The smallest absolute Gasteiger partial charge is 0.125 e. The van der Waals surface area contributed by atoms with Gasteiger partial charge in [-0.25, -0.2) is 0 Å². The highest BCUT2D eigenvalue weighted by atomic mass is 16.5. The molecule has 1 rings (SSSR count). The van der Waals surface area contributed by atoms with E-state index >= 15 is 0 Å². The number of aryl methyl sites for hydroxylation is 1. The minimum Gasteiger partial charge on any atom is -0.490 e. The molecular weight excluding hydrogens is 244 g/mol. The Morgan fingerprint density at radius 1 is 1.11 bits per heavy atom. The van der Waals surface area contributed by atoms with Crippen LogP contribution in [0.2, 0.25) is 0 Å². The molecule has 19 heavy (non-hydrogen) atoms. The van der Waals surface area contributed by atoms with E-state index in [4.69, 9.17) is 9.47 Å². The minimum absolute atomic E-state index is 0.0849. The van der Waals surface area contributed by atoms with E-state index in [2.05, 4.69) is 0 Å². The second-order valence-corrected chi connectivity index (χ2v) is 5.06. The first-order valence-electron chi connectivity index (χ1n) is 6.61. The predicted molar refractivity (Wildman–Crippen MR) is 74.4 cm³/mol. The summed E-state index contributed by atoms with van der Waals surface area (Å²) in [5.41, 5.74) is 1.77. The highest BCUT2D eigenvalue weighted by molar-refractivity contribution is 5.38. The Bertz CT molecular complexity index is 388. The van der Waals surface area contributed by atoms with Crippen LogP contribution in [0.15, 0.2) is 18.2 Å². The SMILES string of the molecule is Cc1ccc([C@H](C)O)c(OCC(O)COC(C)C)c1. The van der Waals surface area contributed by atoms with Crippen molar-refractivity contribution in [3.8, 4) is 5.75 Å². The summed E-state index contributed by atoms with van der Waals surface area (Å²) in [6.07, 6.45) is -1.19. The van der Waals surface area contributed by atoms with E-state index in [0.29, 0.717) is 5.75 Å². The van der Waals surface area contributed by atoms with Gasteiger partial charge < -0.3 is 19.7 Å². The maximum absolute atomic E-state index is 9.75. The zero-order valence-corrected chi connectivity index (χ0v) is 12.1. The molecule has 1 unspecified atom stereocenters. The molecule has 0 spiro atoms. The molecular formula is C15H24O4. The first-order valence-corrected chi connectivity index (χ1v) is 6.61. The fourth-order valence-corrected chi connectivity index (χ4v) is 1.65. The monoisotopic (exact) mass is 268 g/mol. The molecule has 108 valence electrons. The molecule has 4 heteroatoms. The predicted octanol–water partition coefficient (Wildman–Crippen LogP) is 2.21. The third kappa shape index (κ3) is 5.59. The number of rotatable bonds is 7. The van der Waals surface area contributed by atoms with Crippen molar-refractivity contribution < 1.29 is 19.7 Å². The summed E-state index contributed by atoms with van der Waals surface area (Å²) >= 11 is 0. The van der Waals surface area contributed by atoms with Crippen molar-refractivity contribution in [2.75, 3.05) is 13.2 Å². The van der Waals surface area contributed by atoms with E-state index in [1.54, 1.807) is 6.92 Å². The summed E-state index contributed by atoms with van der Waals surface area (Å²) in [5.74, 6) is 0.610. The molecule has 0 radical (unpaired) electrons. The van der Waals surface area contributed by atoms with Gasteiger partial charge in [0.25, 0.3) is 0 Å². The van der Waals surface area contributed by atoms with E-state index < -0.39 is 12.2 Å². The molecule has 2 N–H and O–H groups in total. The molecule has 1 aromatic carbocycles. The second-order valence-electron chi connectivity index (χ2n) is 5.06. The van der Waals surface area contributed by atoms with Crippen LogP contribution in [0, 0.1) is 6.92 Å². The Labute approximate surface area is 115 Å². The molecule has 0 saturated carbocycles. The molecule has 0 saturated heterocycles. The molecule has 2 atom stereocenters. The molecule has 0 heterocycles. The van der Waals surface area contributed by atoms with Gasteiger partial charge in [0.2, 0.25) is 0 Å². The largest absolute Gasteiger partial charge is 0.490 e. The summed E-state index contributed by atoms with van der Waals surface area (Å²) in [7, 11) is 0. The van der Waals surface area contributed by atoms with Crippen molar-refractivity contribution in [1.29, 1.82) is 0 Å². The summed E-state index contributed by atoms with van der Waals surface area (Å²) in [6.45, 7) is 7.87. The van der Waals surface area contributed by atoms with Gasteiger partial charge in [0.1, 0.15) is 18.5 Å². The van der Waals surface area contributed by atoms with Crippen LogP contribution in [0.25, 0.3) is 0 Å². The number of aliphatic hydroxyl groups excluding tert-OH is 2. The number of ether oxygens (including phenoxy) is 2. The maximum atomic E-state index is 9.75. The van der Waals surface area contributed by atoms with Crippen LogP contribution in [0.4, 0.5) is 0 Å². The first-order chi connectivity index (χ1) is 8.90. The van der Waals surface area contributed by atoms with E-state index in [1.165, 1.54) is 0 Å². The summed E-state index contributed by atoms with van der Waals surface area (Å²) in [5, 5.41) is 19.4. The molecule has 0 amide bonds. The molecule has 0 bridgehead atoms. The van der Waals surface area contributed by atoms with Crippen molar-refractivity contribution in [3.05, 3.63) is 29.3 Å². The van der Waals surface area contributed by atoms with E-state index in [0.717, 1.165) is 11.1 Å². The quantitative estimate of drug-likeness (QED) is 0.796. The highest BCUT2D eigenvalue weighted by Gasteiger charge is 2.12. The van der Waals surface area contributed by atoms with Crippen LogP contribution in [-0.2, 0) is 4.74 Å². The fraction of sp³-hybridized carbons (Fsp3) is 0.600. The van der Waals surface area contributed by atoms with Crippen molar-refractivity contribution in [2.24, 2.45) is 0 Å². The van der Waals surface area contributed by atoms with Gasteiger partial charge in [0, 0.05) is 5.56 Å². The molecule has 4 nitrogen and oxygen atoms in total. The number of benzene rings is 1. The van der Waals surface area contributed by atoms with Gasteiger partial charge >= 0.3 is 0 Å². The molecule has 1 aromatic rings. The van der Waals surface area contributed by atoms with Gasteiger partial charge in [-0.3, -0.25) is 0 Å². The van der Waals surface area contributed by atoms with Gasteiger partial charge in [-0.2, -0.15) is 0 Å². The molecule has 0 fully saturated rings. The fourth-order valence-electron chi connectivity index (χ4n) is 1.65. The Morgan fingerprint density at radius 3 is 2.37 bits per heavy atom. The highest BCUT2D eigenvalue weighted by Crippen LogP contribution is 2.26. The minimum atomic E-state index is -0.676. The van der Waals surface area contributed by atoms with E-state index in [9.17, 15) is 10.2 Å². The van der Waals surface area contributed by atoms with Crippen LogP contribution >= 0.6 is 0 Å². The average molecular weight is 268 g/mol. The Balaban J connectivity index is 2.59. The summed E-state index contributed by atoms with van der Waals surface area (Å²) in [6, 6.07) is 5.62. The zero-order chi connectivity index (χ0) is 14.4. The van der Waals surface area contributed by atoms with Gasteiger partial charge in [-0.15, -0.1) is 0 Å². The lowest BCUT2D eigenvalue weighted by Crippen LogP contribution is -2.25. The van der Waals surface area contributed by atoms with E-state index in [-0.39, 0.29) is 19.3 Å². The van der Waals surface area contributed by atoms with Crippen LogP contribution < -0.4 is 4.74 Å². The number of aliphatic hydroxyl groups is 2. The zero-order valence-electron chi connectivity index (χ0n) is 12.1. The van der Waals surface area contributed by atoms with Crippen LogP contribution in [-0.4, -0.2) is 35.6 Å². The molecule has 0 aliphatic rings. The van der Waals surface area contributed by atoms with Crippen LogP contribution in [0.1, 0.15) is 38.0 Å². The van der Waals surface area contributed by atoms with Gasteiger partial charge in [-0.05, 0) is 39.3 Å². The van der Waals surface area contributed by atoms with Crippen LogP contribution in [0.5, 0.6) is 5.75 Å². The molecule has 0 aliphatic heterocycles. The lowest BCUT2D eigenvalue weighted by Gasteiger charge is -2.17. The number of hydrogen-bond donors (Lipinski definition) is 2. The summed E-state index contributed by atoms with van der Waals surface area (Å²) in [4.78, 5) is 0. The number of hydrogen-bond acceptors (Lipinski definition) is 4. The standard InChI is InChI=1S/C15H24O4/c1-10(2)18-8-13(17)9-19-15-7-11(3)5-6-14(15)12(4)16/h5-7,10,12-13,16-17H,8-9H2,1-4H3/t12-,13?/m0/s1. The van der Waals surface area contributed by atoms with Crippen molar-refractivity contribution >= 4 is 0 Å². The van der Waals surface area contributed by atoms with Crippen LogP contribution in [0.3, 0.4) is 0 Å². The molecule has 0 aromatic heterocycles. The Kier molecular flexibility index (Phi) is 6.28. The van der Waals surface area contributed by atoms with E-state index in [1.807, 2.05) is 39.0 Å². The molecule has 0 aliphatic carbocycles. The van der Waals surface area contributed by atoms with Crippen molar-refractivity contribution in [2.45, 2.75) is 46.0 Å². The second kappa shape index (κ2) is 7.48. The topological polar surface area (TPSA) is 58.9 Å². The van der Waals surface area contributed by atoms with Crippen molar-refractivity contribution in [3.63, 3.8) is 0 Å². The lowest BCUT2D eigenvalue weighted by atomic mass is 10.1. The van der Waals surface area contributed by atoms with Gasteiger partial charge in [0.05, 0.1) is 18.8 Å². The average Bonchev–Trinajstić information content (AvgIpc) is 2.33. The third-order valence-electron chi connectivity index (χ3n) is 2.67. The van der Waals surface area contributed by atoms with Gasteiger partial charge in [-0.1, -0.05) is 12.1 Å². The van der Waals surface area contributed by atoms with Gasteiger partial charge in [0.15, 0.2) is 0 Å². The Hall–Kier alpha value is -1.10. The first kappa shape index (κ1) is 16.0.